The zero-order valence-corrected chi connectivity index (χ0v) is 19.7. The number of benzene rings is 2. The lowest BCUT2D eigenvalue weighted by Gasteiger charge is -2.39. The van der Waals surface area contributed by atoms with E-state index in [2.05, 4.69) is 9.80 Å². The molecule has 0 aromatic heterocycles. The Labute approximate surface area is 202 Å². The normalized spacial score (nSPS) is 22.4. The maximum absolute atomic E-state index is 14.1. The Morgan fingerprint density at radius 2 is 1.70 bits per heavy atom. The van der Waals surface area contributed by atoms with Crippen molar-refractivity contribution in [1.29, 1.82) is 0 Å². The molecule has 0 N–H and O–H groups in total. The third kappa shape index (κ3) is 4.74. The van der Waals surface area contributed by atoms with E-state index in [0.717, 1.165) is 67.6 Å². The number of amides is 2. The van der Waals surface area contributed by atoms with Gasteiger partial charge in [0.2, 0.25) is 5.91 Å². The number of nitrogens with zero attached hydrogens (tertiary/aromatic N) is 3. The summed E-state index contributed by atoms with van der Waals surface area (Å²) in [4.78, 5) is 29.4. The van der Waals surface area contributed by atoms with Crippen LogP contribution in [0, 0.1) is 11.6 Å². The average Bonchev–Trinajstić information content (AvgIpc) is 3.28. The predicted octanol–water partition coefficient (Wildman–Crippen LogP) is 5.17. The van der Waals surface area contributed by atoms with Crippen molar-refractivity contribution in [3.8, 4) is 0 Å². The van der Waals surface area contributed by atoms with Crippen molar-refractivity contribution in [2.45, 2.75) is 31.2 Å². The van der Waals surface area contributed by atoms with Crippen LogP contribution in [0.4, 0.5) is 25.0 Å². The van der Waals surface area contributed by atoms with Crippen molar-refractivity contribution in [2.75, 3.05) is 36.8 Å². The van der Waals surface area contributed by atoms with Crippen LogP contribution >= 0.6 is 24.2 Å². The second kappa shape index (κ2) is 9.99. The first-order valence-electron chi connectivity index (χ1n) is 11.0. The van der Waals surface area contributed by atoms with Gasteiger partial charge in [-0.3, -0.25) is 14.5 Å². The summed E-state index contributed by atoms with van der Waals surface area (Å²) >= 11 is 1.07. The maximum atomic E-state index is 14.1. The fourth-order valence-corrected chi connectivity index (χ4v) is 5.93. The Hall–Kier alpha value is -2.16. The summed E-state index contributed by atoms with van der Waals surface area (Å²) in [6.45, 7) is 3.12. The van der Waals surface area contributed by atoms with Gasteiger partial charge in [-0.2, -0.15) is 0 Å². The van der Waals surface area contributed by atoms with E-state index in [-0.39, 0.29) is 52.9 Å². The van der Waals surface area contributed by atoms with Crippen molar-refractivity contribution in [3.05, 3.63) is 59.7 Å². The van der Waals surface area contributed by atoms with Crippen molar-refractivity contribution < 1.29 is 18.4 Å². The number of rotatable bonds is 6. The molecule has 5 rings (SSSR count). The molecule has 0 radical (unpaired) electrons. The number of carbonyl (C=O) groups excluding carboxylic acids is 2. The standard InChI is InChI=1S/C24H25F2N3O2S.ClH/c25-16-3-6-18(7-4-16)29-21-8-5-17(26)13-19(21)20-14-27(12-9-22(20)29)10-1-2-11-28-23(30)15-32-24(28)31;/h3-8,13,20,22H,1-2,9-12,14-15H2;1H/t20-,22+;/m0./s1. The molecule has 176 valence electrons. The Kier molecular flexibility index (Phi) is 7.26. The molecule has 5 nitrogen and oxygen atoms in total. The number of carbonyl (C=O) groups is 2. The molecule has 9 heteroatoms. The van der Waals surface area contributed by atoms with Gasteiger partial charge >= 0.3 is 0 Å². The predicted molar refractivity (Wildman–Crippen MR) is 129 cm³/mol. The van der Waals surface area contributed by atoms with Crippen LogP contribution in [-0.4, -0.2) is 58.9 Å². The van der Waals surface area contributed by atoms with Crippen molar-refractivity contribution in [1.82, 2.24) is 9.80 Å². The van der Waals surface area contributed by atoms with Crippen LogP contribution in [0.15, 0.2) is 42.5 Å². The number of thioether (sulfide) groups is 1. The number of anilines is 2. The van der Waals surface area contributed by atoms with Gasteiger partial charge < -0.3 is 9.80 Å². The van der Waals surface area contributed by atoms with E-state index < -0.39 is 0 Å². The second-order valence-electron chi connectivity index (χ2n) is 8.62. The molecule has 0 spiro atoms. The Morgan fingerprint density at radius 3 is 2.42 bits per heavy atom. The van der Waals surface area contributed by atoms with E-state index in [9.17, 15) is 18.4 Å². The number of fused-ring (bicyclic) bond motifs is 3. The molecule has 2 atom stereocenters. The van der Waals surface area contributed by atoms with E-state index in [1.54, 1.807) is 18.2 Å². The summed E-state index contributed by atoms with van der Waals surface area (Å²) in [6, 6.07) is 11.7. The van der Waals surface area contributed by atoms with Gasteiger partial charge in [-0.1, -0.05) is 11.8 Å². The van der Waals surface area contributed by atoms with Crippen LogP contribution in [0.3, 0.4) is 0 Å². The third-order valence-electron chi connectivity index (χ3n) is 6.69. The Morgan fingerprint density at radius 1 is 0.970 bits per heavy atom. The van der Waals surface area contributed by atoms with Gasteiger partial charge in [0.25, 0.3) is 5.24 Å². The lowest BCUT2D eigenvalue weighted by atomic mass is 9.89. The van der Waals surface area contributed by atoms with Crippen LogP contribution in [0.25, 0.3) is 0 Å². The number of imide groups is 1. The lowest BCUT2D eigenvalue weighted by Crippen LogP contribution is -2.45. The minimum atomic E-state index is -0.269. The fraction of sp³-hybridized carbons (Fsp3) is 0.417. The summed E-state index contributed by atoms with van der Waals surface area (Å²) in [5, 5.41) is -0.138. The Balaban J connectivity index is 0.00000259. The van der Waals surface area contributed by atoms with Gasteiger partial charge in [-0.05, 0) is 73.8 Å². The van der Waals surface area contributed by atoms with Crippen molar-refractivity contribution in [3.63, 3.8) is 0 Å². The minimum absolute atomic E-state index is 0. The molecule has 2 saturated heterocycles. The van der Waals surface area contributed by atoms with Crippen LogP contribution in [0.5, 0.6) is 0 Å². The summed E-state index contributed by atoms with van der Waals surface area (Å²) in [6.07, 6.45) is 2.62. The smallest absolute Gasteiger partial charge is 0.288 e. The number of unbranched alkanes of at least 4 members (excludes halogenated alkanes) is 1. The quantitative estimate of drug-likeness (QED) is 0.519. The monoisotopic (exact) mass is 493 g/mol. The van der Waals surface area contributed by atoms with Crippen LogP contribution < -0.4 is 4.90 Å². The summed E-state index contributed by atoms with van der Waals surface area (Å²) in [7, 11) is 0. The molecule has 3 aliphatic rings. The molecule has 2 aromatic rings. The molecule has 0 aliphatic carbocycles. The van der Waals surface area contributed by atoms with Gasteiger partial charge in [0, 0.05) is 43.0 Å². The molecule has 3 heterocycles. The van der Waals surface area contributed by atoms with E-state index in [0.29, 0.717) is 6.54 Å². The number of halogens is 3. The zero-order chi connectivity index (χ0) is 22.2. The second-order valence-corrected chi connectivity index (χ2v) is 9.55. The Bertz CT molecular complexity index is 1020. The molecular formula is C24H26ClF2N3O2S. The molecule has 2 aromatic carbocycles. The molecule has 2 fully saturated rings. The molecule has 0 saturated carbocycles. The number of hydrogen-bond donors (Lipinski definition) is 0. The van der Waals surface area contributed by atoms with Crippen LogP contribution in [-0.2, 0) is 4.79 Å². The first-order chi connectivity index (χ1) is 15.5. The van der Waals surface area contributed by atoms with Gasteiger partial charge in [-0.15, -0.1) is 12.4 Å². The lowest BCUT2D eigenvalue weighted by molar-refractivity contribution is -0.124. The first kappa shape index (κ1) is 24.0. The highest BCUT2D eigenvalue weighted by molar-refractivity contribution is 8.14. The highest BCUT2D eigenvalue weighted by atomic mass is 35.5. The fourth-order valence-electron chi connectivity index (χ4n) is 5.18. The average molecular weight is 494 g/mol. The highest BCUT2D eigenvalue weighted by Gasteiger charge is 2.42. The van der Waals surface area contributed by atoms with Crippen LogP contribution in [0.1, 0.15) is 30.7 Å². The zero-order valence-electron chi connectivity index (χ0n) is 18.1. The summed E-state index contributed by atoms with van der Waals surface area (Å²) < 4.78 is 27.6. The van der Waals surface area contributed by atoms with E-state index in [4.69, 9.17) is 0 Å². The van der Waals surface area contributed by atoms with Gasteiger partial charge in [0.15, 0.2) is 0 Å². The first-order valence-corrected chi connectivity index (χ1v) is 12.0. The highest BCUT2D eigenvalue weighted by Crippen LogP contribution is 2.48. The maximum Gasteiger partial charge on any atom is 0.288 e. The molecule has 33 heavy (non-hydrogen) atoms. The summed E-state index contributed by atoms with van der Waals surface area (Å²) in [5.74, 6) is -0.161. The minimum Gasteiger partial charge on any atom is -0.337 e. The van der Waals surface area contributed by atoms with Crippen molar-refractivity contribution in [2.24, 2.45) is 0 Å². The summed E-state index contributed by atoms with van der Waals surface area (Å²) in [5.41, 5.74) is 2.94. The molecule has 3 aliphatic heterocycles. The third-order valence-corrected chi connectivity index (χ3v) is 7.55. The number of hydrogen-bond acceptors (Lipinski definition) is 5. The molecule has 0 bridgehead atoms. The van der Waals surface area contributed by atoms with Gasteiger partial charge in [0.05, 0.1) is 5.75 Å². The van der Waals surface area contributed by atoms with E-state index >= 15 is 0 Å². The SMILES string of the molecule is Cl.O=C1CSC(=O)N1CCCCN1CC[C@@H]2[C@@H](C1)c1cc(F)ccc1N2c1ccc(F)cc1. The van der Waals surface area contributed by atoms with E-state index in [1.807, 2.05) is 6.07 Å². The van der Waals surface area contributed by atoms with Crippen molar-refractivity contribution >= 4 is 46.7 Å². The number of likely N-dealkylation sites (tertiary alicyclic amines) is 1. The van der Waals surface area contributed by atoms with Gasteiger partial charge in [0.1, 0.15) is 11.6 Å². The topological polar surface area (TPSA) is 43.9 Å². The van der Waals surface area contributed by atoms with E-state index in [1.165, 1.54) is 23.1 Å². The molecule has 2 amide bonds. The molecule has 0 unspecified atom stereocenters. The largest absolute Gasteiger partial charge is 0.337 e. The van der Waals surface area contributed by atoms with Gasteiger partial charge in [-0.25, -0.2) is 8.78 Å². The van der Waals surface area contributed by atoms with Crippen LogP contribution in [0.2, 0.25) is 0 Å². The number of piperidine rings is 1. The molecular weight excluding hydrogens is 468 g/mol.